The van der Waals surface area contributed by atoms with Crippen LogP contribution in [-0.2, 0) is 0 Å². The molecule has 0 aromatic heterocycles. The minimum Gasteiger partial charge on any atom is -0.319 e. The van der Waals surface area contributed by atoms with Gasteiger partial charge in [0.05, 0.1) is 0 Å². The molecule has 0 fully saturated rings. The van der Waals surface area contributed by atoms with Crippen LogP contribution < -0.4 is 5.32 Å². The van der Waals surface area contributed by atoms with Crippen LogP contribution in [0.5, 0.6) is 0 Å². The molecule has 0 saturated carbocycles. The average Bonchev–Trinajstić information content (AvgIpc) is 2.19. The fourth-order valence-corrected chi connectivity index (χ4v) is 1.12. The van der Waals surface area contributed by atoms with Gasteiger partial charge in [-0.25, -0.2) is 0 Å². The Kier molecular flexibility index (Phi) is 8.14. The Bertz CT molecular complexity index is 145. The zero-order chi connectivity index (χ0) is 9.23. The standard InChI is InChI=1S/C9H15N.C2H6/c1-10-8-7-9-5-3-2-4-6-9;1-2/h3,5-6,10H,2,4,7-8H2,1H3;1-2H3. The Morgan fingerprint density at radius 2 is 2.08 bits per heavy atom. The molecule has 0 heterocycles. The maximum atomic E-state index is 3.14. The van der Waals surface area contributed by atoms with E-state index in [2.05, 4.69) is 23.5 Å². The number of allylic oxidation sites excluding steroid dienone is 3. The third kappa shape index (κ3) is 5.14. The third-order valence-corrected chi connectivity index (χ3v) is 1.74. The molecular formula is C11H21N. The van der Waals surface area contributed by atoms with Crippen molar-refractivity contribution in [2.75, 3.05) is 13.6 Å². The summed E-state index contributed by atoms with van der Waals surface area (Å²) in [6, 6.07) is 0. The summed E-state index contributed by atoms with van der Waals surface area (Å²) < 4.78 is 0. The molecule has 0 atom stereocenters. The van der Waals surface area contributed by atoms with Gasteiger partial charge >= 0.3 is 0 Å². The first kappa shape index (κ1) is 11.4. The SMILES string of the molecule is CC.CNCCC1=CCCC=C1. The number of hydrogen-bond acceptors (Lipinski definition) is 1. The average molecular weight is 167 g/mol. The van der Waals surface area contributed by atoms with Crippen molar-refractivity contribution in [1.29, 1.82) is 0 Å². The van der Waals surface area contributed by atoms with Gasteiger partial charge < -0.3 is 5.32 Å². The molecular weight excluding hydrogens is 146 g/mol. The van der Waals surface area contributed by atoms with E-state index in [9.17, 15) is 0 Å². The van der Waals surface area contributed by atoms with Crippen LogP contribution in [0.4, 0.5) is 0 Å². The Hall–Kier alpha value is -0.560. The highest BCUT2D eigenvalue weighted by molar-refractivity contribution is 5.21. The van der Waals surface area contributed by atoms with Crippen LogP contribution in [0.15, 0.2) is 23.8 Å². The van der Waals surface area contributed by atoms with E-state index < -0.39 is 0 Å². The smallest absolute Gasteiger partial charge is 0.00115 e. The Balaban J connectivity index is 0.000000561. The van der Waals surface area contributed by atoms with Crippen molar-refractivity contribution in [3.05, 3.63) is 23.8 Å². The third-order valence-electron chi connectivity index (χ3n) is 1.74. The van der Waals surface area contributed by atoms with Crippen molar-refractivity contribution in [2.45, 2.75) is 33.1 Å². The molecule has 0 aromatic rings. The Morgan fingerprint density at radius 1 is 1.33 bits per heavy atom. The summed E-state index contributed by atoms with van der Waals surface area (Å²) in [4.78, 5) is 0. The molecule has 70 valence electrons. The molecule has 1 aliphatic rings. The summed E-state index contributed by atoms with van der Waals surface area (Å²) in [5, 5.41) is 3.14. The molecule has 0 amide bonds. The zero-order valence-electron chi connectivity index (χ0n) is 8.56. The monoisotopic (exact) mass is 167 g/mol. The molecule has 12 heavy (non-hydrogen) atoms. The fourth-order valence-electron chi connectivity index (χ4n) is 1.12. The molecule has 0 bridgehead atoms. The van der Waals surface area contributed by atoms with E-state index in [4.69, 9.17) is 0 Å². The van der Waals surface area contributed by atoms with Crippen LogP contribution in [-0.4, -0.2) is 13.6 Å². The molecule has 0 unspecified atom stereocenters. The van der Waals surface area contributed by atoms with Gasteiger partial charge in [-0.1, -0.05) is 37.6 Å². The highest BCUT2D eigenvalue weighted by Crippen LogP contribution is 2.11. The normalized spacial score (nSPS) is 14.8. The molecule has 0 aliphatic heterocycles. The van der Waals surface area contributed by atoms with Crippen LogP contribution in [0.25, 0.3) is 0 Å². The largest absolute Gasteiger partial charge is 0.319 e. The molecule has 0 saturated heterocycles. The molecule has 1 nitrogen and oxygen atoms in total. The summed E-state index contributed by atoms with van der Waals surface area (Å²) in [5.41, 5.74) is 1.49. The van der Waals surface area contributed by atoms with Gasteiger partial charge in [0.15, 0.2) is 0 Å². The summed E-state index contributed by atoms with van der Waals surface area (Å²) in [5.74, 6) is 0. The molecule has 1 rings (SSSR count). The maximum absolute atomic E-state index is 3.14. The molecule has 0 spiro atoms. The lowest BCUT2D eigenvalue weighted by Gasteiger charge is -2.05. The van der Waals surface area contributed by atoms with Crippen molar-refractivity contribution in [3.63, 3.8) is 0 Å². The molecule has 1 N–H and O–H groups in total. The maximum Gasteiger partial charge on any atom is -0.00115 e. The highest BCUT2D eigenvalue weighted by atomic mass is 14.8. The lowest BCUT2D eigenvalue weighted by atomic mass is 10.0. The first-order chi connectivity index (χ1) is 5.93. The van der Waals surface area contributed by atoms with Gasteiger partial charge in [0.25, 0.3) is 0 Å². The van der Waals surface area contributed by atoms with E-state index in [0.29, 0.717) is 0 Å². The Morgan fingerprint density at radius 3 is 2.58 bits per heavy atom. The summed E-state index contributed by atoms with van der Waals surface area (Å²) in [6.07, 6.45) is 10.5. The van der Waals surface area contributed by atoms with E-state index in [0.717, 1.165) is 6.54 Å². The van der Waals surface area contributed by atoms with Gasteiger partial charge in [-0.15, -0.1) is 0 Å². The zero-order valence-corrected chi connectivity index (χ0v) is 8.56. The van der Waals surface area contributed by atoms with Crippen molar-refractivity contribution in [1.82, 2.24) is 5.32 Å². The molecule has 0 radical (unpaired) electrons. The van der Waals surface area contributed by atoms with E-state index in [1.54, 1.807) is 0 Å². The fraction of sp³-hybridized carbons (Fsp3) is 0.636. The molecule has 1 heteroatoms. The van der Waals surface area contributed by atoms with Gasteiger partial charge in [-0.3, -0.25) is 0 Å². The first-order valence-corrected chi connectivity index (χ1v) is 4.93. The van der Waals surface area contributed by atoms with Gasteiger partial charge in [-0.2, -0.15) is 0 Å². The van der Waals surface area contributed by atoms with E-state index in [-0.39, 0.29) is 0 Å². The summed E-state index contributed by atoms with van der Waals surface area (Å²) in [7, 11) is 1.99. The summed E-state index contributed by atoms with van der Waals surface area (Å²) in [6.45, 7) is 5.09. The molecule has 1 aliphatic carbocycles. The lowest BCUT2D eigenvalue weighted by molar-refractivity contribution is 0.786. The van der Waals surface area contributed by atoms with E-state index >= 15 is 0 Å². The topological polar surface area (TPSA) is 12.0 Å². The second-order valence-corrected chi connectivity index (χ2v) is 2.61. The van der Waals surface area contributed by atoms with Gasteiger partial charge in [-0.05, 0) is 32.9 Å². The van der Waals surface area contributed by atoms with Crippen LogP contribution in [0, 0.1) is 0 Å². The second kappa shape index (κ2) is 8.54. The van der Waals surface area contributed by atoms with Gasteiger partial charge in [0.1, 0.15) is 0 Å². The van der Waals surface area contributed by atoms with Crippen LogP contribution in [0.2, 0.25) is 0 Å². The quantitative estimate of drug-likeness (QED) is 0.681. The predicted molar refractivity (Wildman–Crippen MR) is 56.3 cm³/mol. The molecule has 0 aromatic carbocycles. The minimum absolute atomic E-state index is 1.09. The lowest BCUT2D eigenvalue weighted by Crippen LogP contribution is -2.08. The second-order valence-electron chi connectivity index (χ2n) is 2.61. The number of nitrogens with one attached hydrogen (secondary N) is 1. The van der Waals surface area contributed by atoms with Crippen molar-refractivity contribution >= 4 is 0 Å². The Labute approximate surface area is 76.6 Å². The summed E-state index contributed by atoms with van der Waals surface area (Å²) >= 11 is 0. The highest BCUT2D eigenvalue weighted by Gasteiger charge is 1.94. The van der Waals surface area contributed by atoms with Gasteiger partial charge in [0.2, 0.25) is 0 Å². The van der Waals surface area contributed by atoms with Crippen LogP contribution >= 0.6 is 0 Å². The number of rotatable bonds is 3. The number of hydrogen-bond donors (Lipinski definition) is 1. The first-order valence-electron chi connectivity index (χ1n) is 4.93. The van der Waals surface area contributed by atoms with E-state index in [1.807, 2.05) is 20.9 Å². The van der Waals surface area contributed by atoms with Crippen LogP contribution in [0.3, 0.4) is 0 Å². The minimum atomic E-state index is 1.09. The van der Waals surface area contributed by atoms with Crippen molar-refractivity contribution < 1.29 is 0 Å². The van der Waals surface area contributed by atoms with Crippen molar-refractivity contribution in [3.8, 4) is 0 Å². The predicted octanol–water partition coefficient (Wildman–Crippen LogP) is 2.90. The van der Waals surface area contributed by atoms with Crippen molar-refractivity contribution in [2.24, 2.45) is 0 Å². The van der Waals surface area contributed by atoms with E-state index in [1.165, 1.54) is 24.8 Å². The van der Waals surface area contributed by atoms with Crippen LogP contribution in [0.1, 0.15) is 33.1 Å². The van der Waals surface area contributed by atoms with Gasteiger partial charge in [0, 0.05) is 0 Å².